The molecular weight excluding hydrogens is 346 g/mol. The number of nitrogens with zero attached hydrogens (tertiary/aromatic N) is 1. The van der Waals surface area contributed by atoms with E-state index in [-0.39, 0.29) is 0 Å². The number of aryl methyl sites for hydroxylation is 2. The Morgan fingerprint density at radius 2 is 1.19 bits per heavy atom. The smallest absolute Gasteiger partial charge is 0.169 e. The van der Waals surface area contributed by atoms with E-state index >= 15 is 0 Å². The zero-order valence-corrected chi connectivity index (χ0v) is 17.0. The molecule has 1 nitrogen and oxygen atoms in total. The Morgan fingerprint density at radius 3 is 1.59 bits per heavy atom. The number of allylic oxidation sites excluding steroid dienone is 2. The molecule has 0 saturated carbocycles. The lowest BCUT2D eigenvalue weighted by atomic mass is 9.88. The molecule has 0 bridgehead atoms. The summed E-state index contributed by atoms with van der Waals surface area (Å²) in [5.41, 5.74) is 10.1. The van der Waals surface area contributed by atoms with Crippen molar-refractivity contribution < 1.29 is 0 Å². The summed E-state index contributed by atoms with van der Waals surface area (Å²) in [6.45, 7) is 8.77. The van der Waals surface area contributed by atoms with Crippen LogP contribution in [0, 0.1) is 19.7 Å². The average molecular weight is 370 g/mol. The summed E-state index contributed by atoms with van der Waals surface area (Å²) in [4.78, 5) is 3.55. The van der Waals surface area contributed by atoms with Crippen LogP contribution < -0.4 is 4.90 Å². The lowest BCUT2D eigenvalue weighted by molar-refractivity contribution is 1.13. The Morgan fingerprint density at radius 1 is 0.704 bits per heavy atom. The zero-order chi connectivity index (χ0) is 19.0. The van der Waals surface area contributed by atoms with Gasteiger partial charge in [-0.3, -0.25) is 0 Å². The fourth-order valence-electron chi connectivity index (χ4n) is 3.76. The van der Waals surface area contributed by atoms with Crippen molar-refractivity contribution in [3.63, 3.8) is 0 Å². The molecule has 1 heterocycles. The van der Waals surface area contributed by atoms with Crippen LogP contribution in [0.5, 0.6) is 0 Å². The van der Waals surface area contributed by atoms with Crippen molar-refractivity contribution in [2.75, 3.05) is 4.90 Å². The van der Waals surface area contributed by atoms with Gasteiger partial charge in [-0.05, 0) is 49.9 Å². The highest BCUT2D eigenvalue weighted by atomic mass is 32.2. The summed E-state index contributed by atoms with van der Waals surface area (Å²) in [5, 5.41) is 0. The van der Waals surface area contributed by atoms with Crippen LogP contribution >= 0.6 is 11.8 Å². The molecule has 0 amide bonds. The summed E-state index contributed by atoms with van der Waals surface area (Å²) in [7, 11) is 0. The second-order valence-electron chi connectivity index (χ2n) is 7.01. The summed E-state index contributed by atoms with van der Waals surface area (Å²) < 4.78 is 0. The molecule has 0 atom stereocenters. The molecule has 27 heavy (non-hydrogen) atoms. The van der Waals surface area contributed by atoms with E-state index in [2.05, 4.69) is 105 Å². The minimum Gasteiger partial charge on any atom is -0.322 e. The van der Waals surface area contributed by atoms with Crippen molar-refractivity contribution in [3.8, 4) is 22.3 Å². The maximum Gasteiger partial charge on any atom is 0.169 e. The number of hydrogen-bond acceptors (Lipinski definition) is 2. The van der Waals surface area contributed by atoms with Crippen LogP contribution in [-0.2, 0) is 0 Å². The van der Waals surface area contributed by atoms with Crippen LogP contribution in [0.15, 0.2) is 77.3 Å². The Labute approximate surface area is 166 Å². The van der Waals surface area contributed by atoms with Gasteiger partial charge in [0.25, 0.3) is 0 Å². The largest absolute Gasteiger partial charge is 0.322 e. The monoisotopic (exact) mass is 369 g/mol. The molecule has 1 aliphatic rings. The first-order chi connectivity index (χ1) is 13.1. The van der Waals surface area contributed by atoms with Crippen LogP contribution in [0.2, 0.25) is 0 Å². The van der Waals surface area contributed by atoms with E-state index in [0.29, 0.717) is 0 Å². The molecule has 0 fully saturated rings. The van der Waals surface area contributed by atoms with Gasteiger partial charge in [-0.15, -0.1) is 0 Å². The molecule has 0 saturated heterocycles. The van der Waals surface area contributed by atoms with Crippen LogP contribution in [0.25, 0.3) is 22.3 Å². The first-order valence-electron chi connectivity index (χ1n) is 9.23. The van der Waals surface area contributed by atoms with E-state index in [1.54, 1.807) is 11.8 Å². The van der Waals surface area contributed by atoms with Gasteiger partial charge >= 0.3 is 0 Å². The van der Waals surface area contributed by atoms with Crippen molar-refractivity contribution >= 4 is 17.4 Å². The van der Waals surface area contributed by atoms with Gasteiger partial charge < -0.3 is 4.90 Å². The number of rotatable bonds is 3. The molecule has 134 valence electrons. The quantitative estimate of drug-likeness (QED) is 0.472. The summed E-state index contributed by atoms with van der Waals surface area (Å²) in [6, 6.07) is 23.7. The third kappa shape index (κ3) is 3.19. The fraction of sp³-hybridized carbons (Fsp3) is 0.160. The first-order valence-corrected chi connectivity index (χ1v) is 10.0. The van der Waals surface area contributed by atoms with Gasteiger partial charge in [0.15, 0.2) is 5.88 Å². The highest BCUT2D eigenvalue weighted by Gasteiger charge is 2.27. The number of hydrogen-bond donors (Lipinski definition) is 0. The predicted molar refractivity (Wildman–Crippen MR) is 118 cm³/mol. The van der Waals surface area contributed by atoms with Gasteiger partial charge in [0.1, 0.15) is 0 Å². The van der Waals surface area contributed by atoms with Crippen LogP contribution in [0.1, 0.15) is 25.0 Å². The molecule has 2 radical (unpaired) electrons. The lowest BCUT2D eigenvalue weighted by Crippen LogP contribution is -2.16. The summed E-state index contributed by atoms with van der Waals surface area (Å²) in [5.74, 6) is 3.52. The minimum atomic E-state index is 1.23. The molecule has 4 rings (SSSR count). The third-order valence-corrected chi connectivity index (χ3v) is 6.05. The minimum absolute atomic E-state index is 1.23. The van der Waals surface area contributed by atoms with Crippen molar-refractivity contribution in [1.29, 1.82) is 0 Å². The van der Waals surface area contributed by atoms with Crippen LogP contribution in [-0.4, -0.2) is 0 Å². The molecule has 0 spiro atoms. The standard InChI is InChI=1S/C25H23NS/c1-17-15-18(2)24(22-13-9-6-10-14-22)25(26-16-27-20(4)19(26)3)23(17)21-11-7-5-8-12-21/h5-15H,1-4H3. The Bertz CT molecular complexity index is 940. The number of benzene rings is 3. The summed E-state index contributed by atoms with van der Waals surface area (Å²) in [6.07, 6.45) is 0. The van der Waals surface area contributed by atoms with E-state index < -0.39 is 0 Å². The average Bonchev–Trinajstić information content (AvgIpc) is 3.01. The second-order valence-corrected chi connectivity index (χ2v) is 8.01. The van der Waals surface area contributed by atoms with Gasteiger partial charge in [-0.25, -0.2) is 0 Å². The second kappa shape index (κ2) is 7.28. The fourth-order valence-corrected chi connectivity index (χ4v) is 4.45. The number of anilines is 1. The van der Waals surface area contributed by atoms with Gasteiger partial charge in [0.2, 0.25) is 0 Å². The SMILES string of the molecule is CC1=C(C)N(c2c(-c3ccccc3)c(C)cc(C)c2-c2ccccc2)[C]S1. The highest BCUT2D eigenvalue weighted by molar-refractivity contribution is 8.05. The summed E-state index contributed by atoms with van der Waals surface area (Å²) >= 11 is 1.68. The molecule has 0 N–H and O–H groups in total. The van der Waals surface area contributed by atoms with Crippen molar-refractivity contribution in [2.24, 2.45) is 0 Å². The van der Waals surface area contributed by atoms with Gasteiger partial charge in [-0.2, -0.15) is 0 Å². The molecule has 0 aromatic heterocycles. The molecule has 0 aliphatic carbocycles. The maximum atomic E-state index is 3.52. The van der Waals surface area contributed by atoms with Crippen LogP contribution in [0.3, 0.4) is 0 Å². The van der Waals surface area contributed by atoms with Gasteiger partial charge in [0, 0.05) is 21.7 Å². The van der Waals surface area contributed by atoms with Gasteiger partial charge in [0.05, 0.1) is 5.69 Å². The predicted octanol–water partition coefficient (Wildman–Crippen LogP) is 7.44. The topological polar surface area (TPSA) is 3.24 Å². The molecule has 1 aliphatic heterocycles. The molecule has 2 heteroatoms. The van der Waals surface area contributed by atoms with Gasteiger partial charge in [-0.1, -0.05) is 78.5 Å². The van der Waals surface area contributed by atoms with Crippen LogP contribution in [0.4, 0.5) is 5.69 Å². The van der Waals surface area contributed by atoms with E-state index in [9.17, 15) is 0 Å². The zero-order valence-electron chi connectivity index (χ0n) is 16.2. The molecular formula is C25H23NS. The lowest BCUT2D eigenvalue weighted by Gasteiger charge is -2.28. The Hall–Kier alpha value is -2.45. The molecule has 3 aromatic rings. The van der Waals surface area contributed by atoms with Crippen molar-refractivity contribution in [1.82, 2.24) is 0 Å². The number of thioether (sulfide) groups is 1. The molecule has 3 aromatic carbocycles. The maximum absolute atomic E-state index is 3.52. The van der Waals surface area contributed by atoms with E-state index in [4.69, 9.17) is 0 Å². The third-order valence-electron chi connectivity index (χ3n) is 5.18. The Balaban J connectivity index is 2.08. The van der Waals surface area contributed by atoms with Crippen molar-refractivity contribution in [2.45, 2.75) is 27.7 Å². The first kappa shape index (κ1) is 17.9. The van der Waals surface area contributed by atoms with Crippen molar-refractivity contribution in [3.05, 3.63) is 94.3 Å². The van der Waals surface area contributed by atoms with E-state index in [0.717, 1.165) is 0 Å². The molecule has 0 unspecified atom stereocenters. The van der Waals surface area contributed by atoms with E-state index in [1.807, 2.05) is 0 Å². The van der Waals surface area contributed by atoms with E-state index in [1.165, 1.54) is 49.7 Å². The normalized spacial score (nSPS) is 14.1. The Kier molecular flexibility index (Phi) is 4.84. The highest BCUT2D eigenvalue weighted by Crippen LogP contribution is 2.49.